The number of hydrogen-bond acceptors (Lipinski definition) is 4. The molecule has 0 radical (unpaired) electrons. The van der Waals surface area contributed by atoms with Gasteiger partial charge in [0.05, 0.1) is 21.2 Å². The fourth-order valence-electron chi connectivity index (χ4n) is 3.18. The molecule has 0 spiro atoms. The first-order valence-corrected chi connectivity index (χ1v) is 10.1. The molecule has 0 aliphatic rings. The van der Waals surface area contributed by atoms with Gasteiger partial charge < -0.3 is 10.4 Å². The largest absolute Gasteiger partial charge is 0.478 e. The Morgan fingerprint density at radius 3 is 2.25 bits per heavy atom. The number of carboxylic acid groups (broad SMARTS) is 1. The zero-order valence-electron chi connectivity index (χ0n) is 17.7. The summed E-state index contributed by atoms with van der Waals surface area (Å²) in [5.74, 6) is -1.75. The molecule has 0 atom stereocenters. The van der Waals surface area contributed by atoms with E-state index in [4.69, 9.17) is 11.6 Å². The molecule has 0 saturated heterocycles. The molecule has 0 saturated carbocycles. The lowest BCUT2D eigenvalue weighted by atomic mass is 9.86. The zero-order valence-corrected chi connectivity index (χ0v) is 18.4. The Hall–Kier alpha value is -3.71. The van der Waals surface area contributed by atoms with E-state index >= 15 is 0 Å². The Bertz CT molecular complexity index is 1210. The molecule has 0 fully saturated rings. The summed E-state index contributed by atoms with van der Waals surface area (Å²) < 4.78 is 0. The first-order valence-electron chi connectivity index (χ1n) is 9.71. The SMILES string of the molecule is CC(C)(C)c1ccc(C(=O)Nc2cc(Cl)c(-c3cccc([N+](=O)[O-])c3)cc2C(=O)O)cc1. The van der Waals surface area contributed by atoms with Crippen molar-refractivity contribution >= 4 is 34.9 Å². The Balaban J connectivity index is 1.96. The van der Waals surface area contributed by atoms with Gasteiger partial charge in [0, 0.05) is 23.3 Å². The number of carbonyl (C=O) groups excluding carboxylic acids is 1. The van der Waals surface area contributed by atoms with Crippen LogP contribution in [0.5, 0.6) is 0 Å². The third kappa shape index (κ3) is 4.95. The topological polar surface area (TPSA) is 110 Å². The molecular formula is C24H21ClN2O5. The van der Waals surface area contributed by atoms with Crippen LogP contribution in [0.4, 0.5) is 11.4 Å². The van der Waals surface area contributed by atoms with E-state index in [1.165, 1.54) is 30.3 Å². The molecule has 0 unspecified atom stereocenters. The first kappa shape index (κ1) is 23.0. The lowest BCUT2D eigenvalue weighted by molar-refractivity contribution is -0.384. The molecule has 164 valence electrons. The lowest BCUT2D eigenvalue weighted by Gasteiger charge is -2.19. The van der Waals surface area contributed by atoms with Crippen molar-refractivity contribution in [3.05, 3.63) is 92.5 Å². The minimum atomic E-state index is -1.27. The standard InChI is InChI=1S/C24H21ClN2O5/c1-24(2,3)16-9-7-14(8-10-16)22(28)26-21-13-20(25)18(12-19(21)23(29)30)15-5-4-6-17(11-15)27(31)32/h4-13H,1-3H3,(H,26,28)(H,29,30). The average Bonchev–Trinajstić information content (AvgIpc) is 2.73. The van der Waals surface area contributed by atoms with Crippen LogP contribution in [0.15, 0.2) is 60.7 Å². The van der Waals surface area contributed by atoms with Crippen molar-refractivity contribution in [1.29, 1.82) is 0 Å². The molecule has 32 heavy (non-hydrogen) atoms. The minimum absolute atomic E-state index is 0.0292. The van der Waals surface area contributed by atoms with Crippen molar-refractivity contribution in [2.45, 2.75) is 26.2 Å². The Morgan fingerprint density at radius 1 is 1.03 bits per heavy atom. The highest BCUT2D eigenvalue weighted by Crippen LogP contribution is 2.35. The van der Waals surface area contributed by atoms with Crippen LogP contribution in [0.2, 0.25) is 5.02 Å². The smallest absolute Gasteiger partial charge is 0.337 e. The number of rotatable bonds is 5. The van der Waals surface area contributed by atoms with Crippen LogP contribution in [0.3, 0.4) is 0 Å². The molecule has 1 amide bonds. The molecule has 0 aromatic heterocycles. The van der Waals surface area contributed by atoms with Crippen molar-refractivity contribution < 1.29 is 19.6 Å². The second-order valence-electron chi connectivity index (χ2n) is 8.27. The van der Waals surface area contributed by atoms with Gasteiger partial charge in [-0.05, 0) is 40.8 Å². The highest BCUT2D eigenvalue weighted by molar-refractivity contribution is 6.34. The van der Waals surface area contributed by atoms with Crippen LogP contribution >= 0.6 is 11.6 Å². The van der Waals surface area contributed by atoms with Crippen LogP contribution in [0, 0.1) is 10.1 Å². The average molecular weight is 453 g/mol. The van der Waals surface area contributed by atoms with E-state index in [0.29, 0.717) is 16.7 Å². The summed E-state index contributed by atoms with van der Waals surface area (Å²) in [5.41, 5.74) is 1.76. The highest BCUT2D eigenvalue weighted by Gasteiger charge is 2.20. The van der Waals surface area contributed by atoms with Gasteiger partial charge in [-0.25, -0.2) is 4.79 Å². The number of anilines is 1. The van der Waals surface area contributed by atoms with Gasteiger partial charge in [-0.15, -0.1) is 0 Å². The second kappa shape index (κ2) is 8.80. The van der Waals surface area contributed by atoms with Gasteiger partial charge in [0.15, 0.2) is 0 Å². The third-order valence-electron chi connectivity index (χ3n) is 4.97. The number of carbonyl (C=O) groups is 2. The Morgan fingerprint density at radius 2 is 1.69 bits per heavy atom. The summed E-state index contributed by atoms with van der Waals surface area (Å²) in [6.45, 7) is 6.18. The number of hydrogen-bond donors (Lipinski definition) is 2. The molecular weight excluding hydrogens is 432 g/mol. The van der Waals surface area contributed by atoms with Crippen molar-refractivity contribution in [2.24, 2.45) is 0 Å². The Kier molecular flexibility index (Phi) is 6.32. The van der Waals surface area contributed by atoms with Crippen molar-refractivity contribution in [3.8, 4) is 11.1 Å². The molecule has 0 heterocycles. The summed E-state index contributed by atoms with van der Waals surface area (Å²) in [6, 6.07) is 15.4. The van der Waals surface area contributed by atoms with Gasteiger partial charge in [0.25, 0.3) is 11.6 Å². The minimum Gasteiger partial charge on any atom is -0.478 e. The molecule has 7 nitrogen and oxygen atoms in total. The monoisotopic (exact) mass is 452 g/mol. The van der Waals surface area contributed by atoms with Crippen molar-refractivity contribution in [1.82, 2.24) is 0 Å². The van der Waals surface area contributed by atoms with Gasteiger partial charge in [-0.2, -0.15) is 0 Å². The number of non-ortho nitro benzene ring substituents is 1. The van der Waals surface area contributed by atoms with E-state index in [0.717, 1.165) is 5.56 Å². The molecule has 3 aromatic carbocycles. The maximum atomic E-state index is 12.7. The fourth-order valence-corrected chi connectivity index (χ4v) is 3.45. The maximum Gasteiger partial charge on any atom is 0.337 e. The first-order chi connectivity index (χ1) is 15.0. The van der Waals surface area contributed by atoms with E-state index in [-0.39, 0.29) is 27.4 Å². The van der Waals surface area contributed by atoms with Crippen LogP contribution in [0.1, 0.15) is 47.1 Å². The number of nitrogens with zero attached hydrogens (tertiary/aromatic N) is 1. The van der Waals surface area contributed by atoms with Gasteiger partial charge in [-0.1, -0.05) is 56.6 Å². The van der Waals surface area contributed by atoms with E-state index in [2.05, 4.69) is 26.1 Å². The zero-order chi connectivity index (χ0) is 23.6. The highest BCUT2D eigenvalue weighted by atomic mass is 35.5. The van der Waals surface area contributed by atoms with Crippen LogP contribution in [-0.4, -0.2) is 21.9 Å². The molecule has 0 bridgehead atoms. The number of nitrogens with one attached hydrogen (secondary N) is 1. The number of benzene rings is 3. The number of carboxylic acids is 1. The number of amides is 1. The van der Waals surface area contributed by atoms with Gasteiger partial charge >= 0.3 is 5.97 Å². The van der Waals surface area contributed by atoms with Gasteiger partial charge in [-0.3, -0.25) is 14.9 Å². The number of nitro groups is 1. The maximum absolute atomic E-state index is 12.7. The van der Waals surface area contributed by atoms with Crippen molar-refractivity contribution in [2.75, 3.05) is 5.32 Å². The summed E-state index contributed by atoms with van der Waals surface area (Å²) in [5, 5.41) is 23.5. The predicted octanol–water partition coefficient (Wildman–Crippen LogP) is 6.16. The van der Waals surface area contributed by atoms with Crippen LogP contribution < -0.4 is 5.32 Å². The third-order valence-corrected chi connectivity index (χ3v) is 5.28. The summed E-state index contributed by atoms with van der Waals surface area (Å²) in [4.78, 5) is 35.1. The van der Waals surface area contributed by atoms with E-state index in [1.54, 1.807) is 18.2 Å². The predicted molar refractivity (Wildman–Crippen MR) is 124 cm³/mol. The molecule has 0 aliphatic carbocycles. The quantitative estimate of drug-likeness (QED) is 0.355. The lowest BCUT2D eigenvalue weighted by Crippen LogP contribution is -2.16. The summed E-state index contributed by atoms with van der Waals surface area (Å²) in [6.07, 6.45) is 0. The van der Waals surface area contributed by atoms with Gasteiger partial charge in [0.1, 0.15) is 0 Å². The Labute approximate surface area is 189 Å². The molecule has 0 aliphatic heterocycles. The van der Waals surface area contributed by atoms with Crippen LogP contribution in [0.25, 0.3) is 11.1 Å². The second-order valence-corrected chi connectivity index (χ2v) is 8.68. The molecule has 8 heteroatoms. The van der Waals surface area contributed by atoms with E-state index in [9.17, 15) is 24.8 Å². The summed E-state index contributed by atoms with van der Waals surface area (Å²) in [7, 11) is 0. The number of halogens is 1. The number of nitro benzene ring substituents is 1. The van der Waals surface area contributed by atoms with E-state index in [1.807, 2.05) is 12.1 Å². The molecule has 3 rings (SSSR count). The summed E-state index contributed by atoms with van der Waals surface area (Å²) >= 11 is 6.36. The molecule has 2 N–H and O–H groups in total. The fraction of sp³-hybridized carbons (Fsp3) is 0.167. The van der Waals surface area contributed by atoms with E-state index < -0.39 is 16.8 Å². The molecule has 3 aromatic rings. The normalized spacial score (nSPS) is 11.1. The number of aromatic carboxylic acids is 1. The van der Waals surface area contributed by atoms with Crippen molar-refractivity contribution in [3.63, 3.8) is 0 Å². The van der Waals surface area contributed by atoms with Gasteiger partial charge in [0.2, 0.25) is 0 Å². The van der Waals surface area contributed by atoms with Crippen LogP contribution in [-0.2, 0) is 5.41 Å².